The van der Waals surface area contributed by atoms with Gasteiger partial charge in [-0.3, -0.25) is 0 Å². The van der Waals surface area contributed by atoms with E-state index in [0.717, 1.165) is 0 Å². The highest BCUT2D eigenvalue weighted by molar-refractivity contribution is 7.89. The van der Waals surface area contributed by atoms with Gasteiger partial charge in [0.2, 0.25) is 10.0 Å². The van der Waals surface area contributed by atoms with E-state index < -0.39 is 10.0 Å². The van der Waals surface area contributed by atoms with E-state index in [9.17, 15) is 8.42 Å². The van der Waals surface area contributed by atoms with Crippen molar-refractivity contribution in [2.24, 2.45) is 0 Å². The predicted molar refractivity (Wildman–Crippen MR) is 70.9 cm³/mol. The van der Waals surface area contributed by atoms with E-state index >= 15 is 0 Å². The van der Waals surface area contributed by atoms with Crippen molar-refractivity contribution in [2.45, 2.75) is 11.3 Å². The Labute approximate surface area is 110 Å². The summed E-state index contributed by atoms with van der Waals surface area (Å²) in [6, 6.07) is 2.71. The monoisotopic (exact) mass is 294 g/mol. The van der Waals surface area contributed by atoms with Gasteiger partial charge in [0.05, 0.1) is 15.7 Å². The number of hydrogen-bond donors (Lipinski definition) is 2. The summed E-state index contributed by atoms with van der Waals surface area (Å²) < 4.78 is 26.1. The third-order valence-electron chi connectivity index (χ3n) is 2.02. The first-order valence-electron chi connectivity index (χ1n) is 4.74. The Morgan fingerprint density at radius 3 is 2.65 bits per heavy atom. The SMILES string of the molecule is C=CCCNS(=O)(=O)c1ccc(Cl)c(N)c1Cl. The van der Waals surface area contributed by atoms with E-state index in [4.69, 9.17) is 28.9 Å². The zero-order valence-corrected chi connectivity index (χ0v) is 11.2. The molecule has 0 atom stereocenters. The van der Waals surface area contributed by atoms with Crippen molar-refractivity contribution in [3.8, 4) is 0 Å². The predicted octanol–water partition coefficient (Wildman–Crippen LogP) is 2.43. The minimum absolute atomic E-state index is 0.0555. The molecule has 1 rings (SSSR count). The molecule has 7 heteroatoms. The molecule has 0 aliphatic heterocycles. The maximum absolute atomic E-state index is 11.9. The van der Waals surface area contributed by atoms with E-state index in [1.165, 1.54) is 12.1 Å². The van der Waals surface area contributed by atoms with Crippen molar-refractivity contribution < 1.29 is 8.42 Å². The molecule has 1 aromatic rings. The number of hydrogen-bond acceptors (Lipinski definition) is 3. The van der Waals surface area contributed by atoms with Gasteiger partial charge in [0.15, 0.2) is 0 Å². The molecule has 0 amide bonds. The summed E-state index contributed by atoms with van der Waals surface area (Å²) in [6.45, 7) is 3.75. The van der Waals surface area contributed by atoms with E-state index in [1.54, 1.807) is 6.08 Å². The van der Waals surface area contributed by atoms with Crippen LogP contribution >= 0.6 is 23.2 Å². The summed E-state index contributed by atoms with van der Waals surface area (Å²) in [5.41, 5.74) is 5.62. The van der Waals surface area contributed by atoms with Crippen molar-refractivity contribution in [1.82, 2.24) is 4.72 Å². The molecule has 0 unspecified atom stereocenters. The molecule has 0 saturated carbocycles. The number of rotatable bonds is 5. The highest BCUT2D eigenvalue weighted by atomic mass is 35.5. The number of sulfonamides is 1. The molecule has 4 nitrogen and oxygen atoms in total. The highest BCUT2D eigenvalue weighted by Gasteiger charge is 2.19. The molecule has 0 bridgehead atoms. The molecular formula is C10H12Cl2N2O2S. The van der Waals surface area contributed by atoms with Crippen LogP contribution in [0.2, 0.25) is 10.0 Å². The van der Waals surface area contributed by atoms with Crippen LogP contribution in [0.3, 0.4) is 0 Å². The van der Waals surface area contributed by atoms with Gasteiger partial charge >= 0.3 is 0 Å². The first-order chi connectivity index (χ1) is 7.90. The summed E-state index contributed by atoms with van der Waals surface area (Å²) in [6.07, 6.45) is 2.14. The topological polar surface area (TPSA) is 72.2 Å². The first-order valence-corrected chi connectivity index (χ1v) is 6.98. The van der Waals surface area contributed by atoms with Gasteiger partial charge in [-0.15, -0.1) is 6.58 Å². The van der Waals surface area contributed by atoms with Gasteiger partial charge in [0.1, 0.15) is 4.90 Å². The summed E-state index contributed by atoms with van der Waals surface area (Å²) in [5, 5.41) is 0.156. The zero-order valence-electron chi connectivity index (χ0n) is 8.91. The van der Waals surface area contributed by atoms with Gasteiger partial charge in [-0.05, 0) is 18.6 Å². The van der Waals surface area contributed by atoms with E-state index in [-0.39, 0.29) is 27.2 Å². The Hall–Kier alpha value is -0.750. The van der Waals surface area contributed by atoms with E-state index in [0.29, 0.717) is 6.42 Å². The molecule has 94 valence electrons. The van der Waals surface area contributed by atoms with Crippen LogP contribution in [0.15, 0.2) is 29.7 Å². The zero-order chi connectivity index (χ0) is 13.1. The lowest BCUT2D eigenvalue weighted by atomic mass is 10.3. The first kappa shape index (κ1) is 14.3. The van der Waals surface area contributed by atoms with Crippen molar-refractivity contribution in [1.29, 1.82) is 0 Å². The largest absolute Gasteiger partial charge is 0.396 e. The van der Waals surface area contributed by atoms with Crippen LogP contribution in [-0.2, 0) is 10.0 Å². The minimum Gasteiger partial charge on any atom is -0.396 e. The Morgan fingerprint density at radius 1 is 1.41 bits per heavy atom. The molecule has 0 spiro atoms. The molecule has 0 aliphatic rings. The molecule has 0 fully saturated rings. The van der Waals surface area contributed by atoms with Gasteiger partial charge in [-0.25, -0.2) is 13.1 Å². The number of nitrogens with one attached hydrogen (secondary N) is 1. The summed E-state index contributed by atoms with van der Waals surface area (Å²) in [4.78, 5) is -0.0786. The Kier molecular flexibility index (Phi) is 4.82. The van der Waals surface area contributed by atoms with Crippen LogP contribution in [-0.4, -0.2) is 15.0 Å². The summed E-state index contributed by atoms with van der Waals surface area (Å²) in [7, 11) is -3.67. The second-order valence-electron chi connectivity index (χ2n) is 3.25. The Morgan fingerprint density at radius 2 is 2.06 bits per heavy atom. The van der Waals surface area contributed by atoms with Crippen LogP contribution < -0.4 is 10.5 Å². The number of halogens is 2. The molecule has 0 aliphatic carbocycles. The van der Waals surface area contributed by atoms with Crippen molar-refractivity contribution in [3.63, 3.8) is 0 Å². The third kappa shape index (κ3) is 3.35. The summed E-state index contributed by atoms with van der Waals surface area (Å²) in [5.74, 6) is 0. The highest BCUT2D eigenvalue weighted by Crippen LogP contribution is 2.32. The van der Waals surface area contributed by atoms with Crippen LogP contribution in [0.25, 0.3) is 0 Å². The Balaban J connectivity index is 3.07. The van der Waals surface area contributed by atoms with Gasteiger partial charge in [0.25, 0.3) is 0 Å². The molecule has 0 aromatic heterocycles. The lowest BCUT2D eigenvalue weighted by Crippen LogP contribution is -2.25. The summed E-state index contributed by atoms with van der Waals surface area (Å²) >= 11 is 11.6. The number of nitrogens with two attached hydrogens (primary N) is 1. The second-order valence-corrected chi connectivity index (χ2v) is 5.77. The van der Waals surface area contributed by atoms with Crippen LogP contribution in [0, 0.1) is 0 Å². The Bertz CT molecular complexity index is 529. The average Bonchev–Trinajstić information content (AvgIpc) is 2.26. The minimum atomic E-state index is -3.67. The lowest BCUT2D eigenvalue weighted by Gasteiger charge is -2.09. The fraction of sp³-hybridized carbons (Fsp3) is 0.200. The molecule has 17 heavy (non-hydrogen) atoms. The average molecular weight is 295 g/mol. The normalized spacial score (nSPS) is 11.4. The molecule has 1 aromatic carbocycles. The van der Waals surface area contributed by atoms with Gasteiger partial charge in [-0.1, -0.05) is 29.3 Å². The van der Waals surface area contributed by atoms with E-state index in [1.807, 2.05) is 0 Å². The molecule has 0 radical (unpaired) electrons. The smallest absolute Gasteiger partial charge is 0.242 e. The quantitative estimate of drug-likeness (QED) is 0.498. The number of anilines is 1. The van der Waals surface area contributed by atoms with E-state index in [2.05, 4.69) is 11.3 Å². The van der Waals surface area contributed by atoms with Crippen LogP contribution in [0.4, 0.5) is 5.69 Å². The van der Waals surface area contributed by atoms with Crippen molar-refractivity contribution >= 4 is 38.9 Å². The van der Waals surface area contributed by atoms with Crippen LogP contribution in [0.1, 0.15) is 6.42 Å². The molecule has 3 N–H and O–H groups in total. The van der Waals surface area contributed by atoms with Gasteiger partial charge in [0, 0.05) is 6.54 Å². The lowest BCUT2D eigenvalue weighted by molar-refractivity contribution is 0.582. The molecular weight excluding hydrogens is 283 g/mol. The number of nitrogen functional groups attached to an aromatic ring is 1. The third-order valence-corrected chi connectivity index (χ3v) is 4.37. The van der Waals surface area contributed by atoms with Gasteiger partial charge < -0.3 is 5.73 Å². The van der Waals surface area contributed by atoms with Gasteiger partial charge in [-0.2, -0.15) is 0 Å². The van der Waals surface area contributed by atoms with Crippen molar-refractivity contribution in [3.05, 3.63) is 34.8 Å². The fourth-order valence-electron chi connectivity index (χ4n) is 1.13. The molecule has 0 saturated heterocycles. The second kappa shape index (κ2) is 5.73. The maximum atomic E-state index is 11.9. The number of benzene rings is 1. The standard InChI is InChI=1S/C10H12Cl2N2O2S/c1-2-3-6-14-17(15,16)8-5-4-7(11)10(13)9(8)12/h2,4-5,14H,1,3,6,13H2. The fourth-order valence-corrected chi connectivity index (χ4v) is 2.94. The molecule has 0 heterocycles. The van der Waals surface area contributed by atoms with Crippen LogP contribution in [0.5, 0.6) is 0 Å². The van der Waals surface area contributed by atoms with Crippen molar-refractivity contribution in [2.75, 3.05) is 12.3 Å². The maximum Gasteiger partial charge on any atom is 0.242 e.